The Morgan fingerprint density at radius 1 is 1.24 bits per heavy atom. The van der Waals surface area contributed by atoms with Crippen LogP contribution in [-0.4, -0.2) is 5.91 Å². The van der Waals surface area contributed by atoms with E-state index in [1.54, 1.807) is 19.1 Å². The fraction of sp³-hybridized carbons (Fsp3) is 0.0667. The van der Waals surface area contributed by atoms with Crippen LogP contribution >= 0.6 is 0 Å². The maximum Gasteiger partial charge on any atom is 0.255 e. The molecule has 0 aliphatic rings. The second kappa shape index (κ2) is 5.59. The quantitative estimate of drug-likeness (QED) is 0.833. The maximum atomic E-state index is 13.3. The van der Waals surface area contributed by atoms with Gasteiger partial charge in [-0.1, -0.05) is 6.07 Å². The lowest BCUT2D eigenvalue weighted by Gasteiger charge is -2.09. The Morgan fingerprint density at radius 3 is 2.43 bits per heavy atom. The summed E-state index contributed by atoms with van der Waals surface area (Å²) in [4.78, 5) is 12.0. The van der Waals surface area contributed by atoms with Crippen LogP contribution in [0.2, 0.25) is 0 Å². The van der Waals surface area contributed by atoms with Gasteiger partial charge in [-0.3, -0.25) is 4.79 Å². The van der Waals surface area contributed by atoms with E-state index >= 15 is 0 Å². The maximum absolute atomic E-state index is 13.3. The molecule has 1 amide bonds. The van der Waals surface area contributed by atoms with E-state index < -0.39 is 23.2 Å². The molecule has 0 bridgehead atoms. The van der Waals surface area contributed by atoms with Crippen molar-refractivity contribution >= 4 is 17.3 Å². The van der Waals surface area contributed by atoms with E-state index in [-0.39, 0.29) is 5.56 Å². The molecule has 0 fully saturated rings. The second-order valence-corrected chi connectivity index (χ2v) is 4.45. The zero-order valence-corrected chi connectivity index (χ0v) is 11.1. The number of aryl methyl sites for hydroxylation is 1. The highest BCUT2D eigenvalue weighted by Gasteiger charge is 2.14. The standard InChI is InChI=1S/C15H11F2N3O/c1-8-2-3-9(7-18)4-13(8)20-15(21)10-5-11(16)14(19)12(17)6-10/h2-6H,19H2,1H3,(H,20,21). The summed E-state index contributed by atoms with van der Waals surface area (Å²) in [6.07, 6.45) is 0. The topological polar surface area (TPSA) is 78.9 Å². The minimum absolute atomic E-state index is 0.194. The van der Waals surface area contributed by atoms with Crippen molar-refractivity contribution in [2.75, 3.05) is 11.1 Å². The number of hydrogen-bond acceptors (Lipinski definition) is 3. The van der Waals surface area contributed by atoms with Gasteiger partial charge in [0, 0.05) is 11.3 Å². The molecule has 4 nitrogen and oxygen atoms in total. The lowest BCUT2D eigenvalue weighted by atomic mass is 10.1. The van der Waals surface area contributed by atoms with Crippen LogP contribution in [0.25, 0.3) is 0 Å². The van der Waals surface area contributed by atoms with Crippen molar-refractivity contribution in [1.82, 2.24) is 0 Å². The molecule has 0 aliphatic heterocycles. The monoisotopic (exact) mass is 287 g/mol. The number of carbonyl (C=O) groups excluding carboxylic acids is 1. The fourth-order valence-electron chi connectivity index (χ4n) is 1.74. The smallest absolute Gasteiger partial charge is 0.255 e. The summed E-state index contributed by atoms with van der Waals surface area (Å²) in [5.41, 5.74) is 5.81. The Kier molecular flexibility index (Phi) is 3.85. The SMILES string of the molecule is Cc1ccc(C#N)cc1NC(=O)c1cc(F)c(N)c(F)c1. The Morgan fingerprint density at radius 2 is 1.86 bits per heavy atom. The summed E-state index contributed by atoms with van der Waals surface area (Å²) in [5, 5.41) is 11.3. The molecule has 0 heterocycles. The van der Waals surface area contributed by atoms with Gasteiger partial charge in [-0.15, -0.1) is 0 Å². The number of benzene rings is 2. The van der Waals surface area contributed by atoms with Gasteiger partial charge in [0.05, 0.1) is 11.6 Å². The Labute approximate surface area is 119 Å². The van der Waals surface area contributed by atoms with Gasteiger partial charge in [0.25, 0.3) is 5.91 Å². The number of anilines is 2. The molecule has 0 unspecified atom stereocenters. The molecule has 0 aliphatic carbocycles. The van der Waals surface area contributed by atoms with E-state index in [9.17, 15) is 13.6 Å². The van der Waals surface area contributed by atoms with Crippen LogP contribution in [0, 0.1) is 29.9 Å². The third-order valence-electron chi connectivity index (χ3n) is 2.96. The predicted molar refractivity (Wildman–Crippen MR) is 74.6 cm³/mol. The minimum Gasteiger partial charge on any atom is -0.394 e. The second-order valence-electron chi connectivity index (χ2n) is 4.45. The molecule has 2 aromatic rings. The number of hydrogen-bond donors (Lipinski definition) is 2. The minimum atomic E-state index is -0.998. The molecule has 0 atom stereocenters. The van der Waals surface area contributed by atoms with Crippen LogP contribution in [0.3, 0.4) is 0 Å². The molecular formula is C15H11F2N3O. The predicted octanol–water partition coefficient (Wildman–Crippen LogP) is 2.98. The van der Waals surface area contributed by atoms with Crippen molar-refractivity contribution in [3.8, 4) is 6.07 Å². The zero-order valence-electron chi connectivity index (χ0n) is 11.1. The van der Waals surface area contributed by atoms with Crippen LogP contribution in [0.4, 0.5) is 20.2 Å². The summed E-state index contributed by atoms with van der Waals surface area (Å²) in [6, 6.07) is 8.42. The highest BCUT2D eigenvalue weighted by atomic mass is 19.1. The average molecular weight is 287 g/mol. The van der Waals surface area contributed by atoms with Gasteiger partial charge in [0.1, 0.15) is 17.3 Å². The molecule has 0 aromatic heterocycles. The van der Waals surface area contributed by atoms with Crippen molar-refractivity contribution in [3.63, 3.8) is 0 Å². The molecule has 3 N–H and O–H groups in total. The highest BCUT2D eigenvalue weighted by Crippen LogP contribution is 2.20. The van der Waals surface area contributed by atoms with Crippen LogP contribution in [0.15, 0.2) is 30.3 Å². The number of nitriles is 1. The number of halogens is 2. The summed E-state index contributed by atoms with van der Waals surface area (Å²) in [5.74, 6) is -2.68. The van der Waals surface area contributed by atoms with Crippen molar-refractivity contribution < 1.29 is 13.6 Å². The Hall–Kier alpha value is -2.94. The summed E-state index contributed by atoms with van der Waals surface area (Å²) in [6.45, 7) is 1.74. The van der Waals surface area contributed by atoms with Gasteiger partial charge >= 0.3 is 0 Å². The van der Waals surface area contributed by atoms with Crippen LogP contribution < -0.4 is 11.1 Å². The van der Waals surface area contributed by atoms with Gasteiger partial charge in [0.2, 0.25) is 0 Å². The first kappa shape index (κ1) is 14.5. The number of nitrogen functional groups attached to an aromatic ring is 1. The van der Waals surface area contributed by atoms with Crippen LogP contribution in [0.1, 0.15) is 21.5 Å². The molecule has 106 valence electrons. The molecular weight excluding hydrogens is 276 g/mol. The van der Waals surface area contributed by atoms with Crippen molar-refractivity contribution in [2.45, 2.75) is 6.92 Å². The molecule has 0 radical (unpaired) electrons. The van der Waals surface area contributed by atoms with Gasteiger partial charge < -0.3 is 11.1 Å². The molecule has 0 spiro atoms. The Bertz CT molecular complexity index is 743. The third-order valence-corrected chi connectivity index (χ3v) is 2.96. The van der Waals surface area contributed by atoms with Gasteiger partial charge in [0.15, 0.2) is 0 Å². The third kappa shape index (κ3) is 2.98. The van der Waals surface area contributed by atoms with E-state index in [1.165, 1.54) is 6.07 Å². The normalized spacial score (nSPS) is 10.0. The van der Waals surface area contributed by atoms with E-state index in [4.69, 9.17) is 11.0 Å². The van der Waals surface area contributed by atoms with Gasteiger partial charge in [-0.2, -0.15) is 5.26 Å². The first-order valence-electron chi connectivity index (χ1n) is 5.99. The van der Waals surface area contributed by atoms with Gasteiger partial charge in [-0.05, 0) is 36.8 Å². The number of rotatable bonds is 2. The molecule has 0 saturated carbocycles. The van der Waals surface area contributed by atoms with E-state index in [1.807, 2.05) is 6.07 Å². The van der Waals surface area contributed by atoms with E-state index in [0.29, 0.717) is 11.3 Å². The molecule has 0 saturated heterocycles. The number of amides is 1. The fourth-order valence-corrected chi connectivity index (χ4v) is 1.74. The number of nitrogens with two attached hydrogens (primary N) is 1. The highest BCUT2D eigenvalue weighted by molar-refractivity contribution is 6.05. The van der Waals surface area contributed by atoms with Crippen LogP contribution in [0.5, 0.6) is 0 Å². The van der Waals surface area contributed by atoms with Crippen molar-refractivity contribution in [2.24, 2.45) is 0 Å². The summed E-state index contributed by atoms with van der Waals surface area (Å²) >= 11 is 0. The molecule has 6 heteroatoms. The lowest BCUT2D eigenvalue weighted by molar-refractivity contribution is 0.102. The summed E-state index contributed by atoms with van der Waals surface area (Å²) in [7, 11) is 0. The van der Waals surface area contributed by atoms with Crippen molar-refractivity contribution in [3.05, 3.63) is 58.7 Å². The van der Waals surface area contributed by atoms with E-state index in [0.717, 1.165) is 17.7 Å². The number of nitrogens with zero attached hydrogens (tertiary/aromatic N) is 1. The average Bonchev–Trinajstić information content (AvgIpc) is 2.46. The number of nitrogens with one attached hydrogen (secondary N) is 1. The van der Waals surface area contributed by atoms with Crippen LogP contribution in [-0.2, 0) is 0 Å². The first-order valence-corrected chi connectivity index (χ1v) is 5.99. The Balaban J connectivity index is 2.33. The molecule has 21 heavy (non-hydrogen) atoms. The van der Waals surface area contributed by atoms with Crippen molar-refractivity contribution in [1.29, 1.82) is 5.26 Å². The zero-order chi connectivity index (χ0) is 15.6. The largest absolute Gasteiger partial charge is 0.394 e. The molecule has 2 aromatic carbocycles. The lowest BCUT2D eigenvalue weighted by Crippen LogP contribution is -2.14. The summed E-state index contributed by atoms with van der Waals surface area (Å²) < 4.78 is 26.7. The van der Waals surface area contributed by atoms with Gasteiger partial charge in [-0.25, -0.2) is 8.78 Å². The van der Waals surface area contributed by atoms with E-state index in [2.05, 4.69) is 5.32 Å². The number of carbonyl (C=O) groups is 1. The molecule has 2 rings (SSSR count). The first-order chi connectivity index (χ1) is 9.92.